The number of anilines is 1. The predicted molar refractivity (Wildman–Crippen MR) is 110 cm³/mol. The second-order valence-electron chi connectivity index (χ2n) is 7.03. The lowest BCUT2D eigenvalue weighted by atomic mass is 9.94. The van der Waals surface area contributed by atoms with E-state index in [0.717, 1.165) is 47.3 Å². The molecule has 3 aromatic rings. The third-order valence-electron chi connectivity index (χ3n) is 5.46. The number of fused-ring (bicyclic) bond motifs is 2. The summed E-state index contributed by atoms with van der Waals surface area (Å²) in [5.74, 6) is -0.505. The summed E-state index contributed by atoms with van der Waals surface area (Å²) in [5, 5.41) is 13.9. The van der Waals surface area contributed by atoms with Crippen LogP contribution in [0.25, 0.3) is 10.1 Å². The zero-order chi connectivity index (χ0) is 18.5. The summed E-state index contributed by atoms with van der Waals surface area (Å²) in [6.45, 7) is 0.822. The fraction of sp³-hybridized carbons (Fsp3) is 0.300. The standard InChI is InChI=1S/C20H18FN3O2S.ClH/c21-11-7-8-12-16(10-11)27-23-18(12)15-5-1-2-9-24(15)14-6-3-4-13-17(14)20(26)22-19(13)25;/h3-4,6-8,10,15,20,26H,1-2,5,9H2,(H,22,25);1H. The molecule has 1 fully saturated rings. The van der Waals surface area contributed by atoms with Crippen molar-refractivity contribution in [2.45, 2.75) is 31.5 Å². The van der Waals surface area contributed by atoms with Crippen LogP contribution in [0.5, 0.6) is 0 Å². The number of nitrogens with one attached hydrogen (secondary N) is 1. The first-order valence-electron chi connectivity index (χ1n) is 9.07. The van der Waals surface area contributed by atoms with Gasteiger partial charge in [-0.25, -0.2) is 4.39 Å². The largest absolute Gasteiger partial charge is 0.369 e. The molecule has 3 heterocycles. The minimum absolute atomic E-state index is 0. The molecule has 0 spiro atoms. The van der Waals surface area contributed by atoms with E-state index in [-0.39, 0.29) is 30.2 Å². The summed E-state index contributed by atoms with van der Waals surface area (Å²) in [6.07, 6.45) is 2.05. The fourth-order valence-corrected chi connectivity index (χ4v) is 5.09. The van der Waals surface area contributed by atoms with E-state index in [1.807, 2.05) is 12.1 Å². The molecule has 1 amide bonds. The highest BCUT2D eigenvalue weighted by atomic mass is 35.5. The molecule has 5 nitrogen and oxygen atoms in total. The van der Waals surface area contributed by atoms with Crippen LogP contribution >= 0.6 is 23.9 Å². The normalized spacial score (nSPS) is 21.4. The predicted octanol–water partition coefficient (Wildman–Crippen LogP) is 4.32. The maximum Gasteiger partial charge on any atom is 0.254 e. The Hall–Kier alpha value is -2.22. The molecule has 0 radical (unpaired) electrons. The summed E-state index contributed by atoms with van der Waals surface area (Å²) in [5.41, 5.74) is 2.97. The van der Waals surface area contributed by atoms with Crippen LogP contribution in [0.3, 0.4) is 0 Å². The number of hydrogen-bond donors (Lipinski definition) is 2. The number of aliphatic hydroxyl groups is 1. The molecule has 1 aromatic heterocycles. The summed E-state index contributed by atoms with van der Waals surface area (Å²) in [6, 6.07) is 10.4. The molecule has 2 aliphatic heterocycles. The van der Waals surface area contributed by atoms with E-state index in [2.05, 4.69) is 14.6 Å². The SMILES string of the molecule is Cl.O=C1NC(O)c2c1cccc2N1CCCCC1c1nsc2cc(F)ccc12. The Morgan fingerprint density at radius 1 is 1.25 bits per heavy atom. The molecule has 2 unspecified atom stereocenters. The van der Waals surface area contributed by atoms with Crippen LogP contribution in [0.1, 0.15) is 53.1 Å². The Balaban J connectivity index is 0.00000192. The second kappa shape index (κ2) is 7.31. The molecule has 146 valence electrons. The number of carbonyl (C=O) groups is 1. The topological polar surface area (TPSA) is 65.5 Å². The van der Waals surface area contributed by atoms with Crippen molar-refractivity contribution in [3.8, 4) is 0 Å². The van der Waals surface area contributed by atoms with Crippen molar-refractivity contribution in [3.05, 3.63) is 59.0 Å². The minimum Gasteiger partial charge on any atom is -0.369 e. The van der Waals surface area contributed by atoms with Gasteiger partial charge in [-0.1, -0.05) is 6.07 Å². The highest BCUT2D eigenvalue weighted by Gasteiger charge is 2.35. The first-order chi connectivity index (χ1) is 13.1. The number of nitrogens with zero attached hydrogens (tertiary/aromatic N) is 2. The van der Waals surface area contributed by atoms with Gasteiger partial charge in [-0.2, -0.15) is 4.37 Å². The first kappa shape index (κ1) is 19.1. The second-order valence-corrected chi connectivity index (χ2v) is 7.83. The lowest BCUT2D eigenvalue weighted by Crippen LogP contribution is -2.34. The van der Waals surface area contributed by atoms with Crippen LogP contribution in [0.4, 0.5) is 10.1 Å². The summed E-state index contributed by atoms with van der Waals surface area (Å²) < 4.78 is 19.1. The number of benzene rings is 2. The van der Waals surface area contributed by atoms with Crippen molar-refractivity contribution < 1.29 is 14.3 Å². The Labute approximate surface area is 171 Å². The Morgan fingerprint density at radius 2 is 2.11 bits per heavy atom. The number of rotatable bonds is 2. The highest BCUT2D eigenvalue weighted by Crippen LogP contribution is 2.42. The van der Waals surface area contributed by atoms with E-state index in [1.54, 1.807) is 12.1 Å². The number of piperidine rings is 1. The molecule has 2 aromatic carbocycles. The van der Waals surface area contributed by atoms with E-state index in [9.17, 15) is 14.3 Å². The van der Waals surface area contributed by atoms with Gasteiger partial charge in [0.25, 0.3) is 5.91 Å². The third-order valence-corrected chi connectivity index (χ3v) is 6.28. The van der Waals surface area contributed by atoms with Crippen molar-refractivity contribution in [3.63, 3.8) is 0 Å². The van der Waals surface area contributed by atoms with Gasteiger partial charge in [0.15, 0.2) is 6.23 Å². The molecule has 2 N–H and O–H groups in total. The van der Waals surface area contributed by atoms with Gasteiger partial charge in [-0.05, 0) is 61.1 Å². The average Bonchev–Trinajstić information content (AvgIpc) is 3.22. The smallest absolute Gasteiger partial charge is 0.254 e. The molecule has 28 heavy (non-hydrogen) atoms. The van der Waals surface area contributed by atoms with Crippen molar-refractivity contribution in [1.82, 2.24) is 9.69 Å². The molecular formula is C20H19ClFN3O2S. The molecule has 2 aliphatic rings. The fourth-order valence-electron chi connectivity index (χ4n) is 4.24. The van der Waals surface area contributed by atoms with Crippen LogP contribution in [0.15, 0.2) is 36.4 Å². The molecule has 0 bridgehead atoms. The van der Waals surface area contributed by atoms with Gasteiger partial charge in [-0.3, -0.25) is 4.79 Å². The van der Waals surface area contributed by atoms with Gasteiger partial charge < -0.3 is 15.3 Å². The molecular weight excluding hydrogens is 401 g/mol. The Morgan fingerprint density at radius 3 is 2.96 bits per heavy atom. The van der Waals surface area contributed by atoms with Crippen LogP contribution < -0.4 is 10.2 Å². The summed E-state index contributed by atoms with van der Waals surface area (Å²) >= 11 is 1.31. The lowest BCUT2D eigenvalue weighted by molar-refractivity contribution is 0.0851. The first-order valence-corrected chi connectivity index (χ1v) is 9.84. The van der Waals surface area contributed by atoms with Gasteiger partial charge in [-0.15, -0.1) is 12.4 Å². The van der Waals surface area contributed by atoms with Gasteiger partial charge >= 0.3 is 0 Å². The van der Waals surface area contributed by atoms with Gasteiger partial charge in [0.05, 0.1) is 16.4 Å². The lowest BCUT2D eigenvalue weighted by Gasteiger charge is -2.38. The number of carbonyl (C=O) groups excluding carboxylic acids is 1. The Kier molecular flexibility index (Phi) is 4.99. The van der Waals surface area contributed by atoms with E-state index in [1.165, 1.54) is 23.7 Å². The van der Waals surface area contributed by atoms with Crippen molar-refractivity contribution in [2.24, 2.45) is 0 Å². The molecule has 0 aliphatic carbocycles. The molecule has 8 heteroatoms. The number of aliphatic hydroxyl groups excluding tert-OH is 1. The molecule has 0 saturated carbocycles. The molecule has 2 atom stereocenters. The van der Waals surface area contributed by atoms with Crippen molar-refractivity contribution in [2.75, 3.05) is 11.4 Å². The van der Waals surface area contributed by atoms with Crippen LogP contribution in [0, 0.1) is 5.82 Å². The zero-order valence-corrected chi connectivity index (χ0v) is 16.5. The van der Waals surface area contributed by atoms with Crippen molar-refractivity contribution in [1.29, 1.82) is 0 Å². The highest BCUT2D eigenvalue weighted by molar-refractivity contribution is 7.13. The maximum atomic E-state index is 13.6. The van der Waals surface area contributed by atoms with Crippen LogP contribution in [0.2, 0.25) is 0 Å². The van der Waals surface area contributed by atoms with E-state index >= 15 is 0 Å². The quantitative estimate of drug-likeness (QED) is 0.649. The summed E-state index contributed by atoms with van der Waals surface area (Å²) in [4.78, 5) is 14.3. The van der Waals surface area contributed by atoms with Crippen LogP contribution in [-0.4, -0.2) is 21.9 Å². The van der Waals surface area contributed by atoms with E-state index in [4.69, 9.17) is 0 Å². The third kappa shape index (κ3) is 2.94. The van der Waals surface area contributed by atoms with Crippen LogP contribution in [-0.2, 0) is 0 Å². The summed E-state index contributed by atoms with van der Waals surface area (Å²) in [7, 11) is 0. The zero-order valence-electron chi connectivity index (χ0n) is 14.9. The van der Waals surface area contributed by atoms with E-state index < -0.39 is 6.23 Å². The molecule has 1 saturated heterocycles. The van der Waals surface area contributed by atoms with Crippen molar-refractivity contribution >= 4 is 45.6 Å². The number of hydrogen-bond acceptors (Lipinski definition) is 5. The maximum absolute atomic E-state index is 13.6. The molecule has 5 rings (SSSR count). The monoisotopic (exact) mass is 419 g/mol. The van der Waals surface area contributed by atoms with Gasteiger partial charge in [0, 0.05) is 28.7 Å². The minimum atomic E-state index is -0.993. The van der Waals surface area contributed by atoms with Gasteiger partial charge in [0.2, 0.25) is 0 Å². The average molecular weight is 420 g/mol. The Bertz CT molecular complexity index is 1060. The van der Waals surface area contributed by atoms with Gasteiger partial charge in [0.1, 0.15) is 5.82 Å². The number of amides is 1. The number of aromatic nitrogens is 1. The van der Waals surface area contributed by atoms with E-state index in [0.29, 0.717) is 11.1 Å². The number of halogens is 2.